The fraction of sp³-hybridized carbons (Fsp3) is 0.364. The molecule has 0 aromatic heterocycles. The highest BCUT2D eigenvalue weighted by molar-refractivity contribution is 7.89. The van der Waals surface area contributed by atoms with Crippen LogP contribution in [-0.2, 0) is 14.8 Å². The molecule has 2 aromatic carbocycles. The van der Waals surface area contributed by atoms with E-state index in [1.165, 1.54) is 40.5 Å². The first-order valence-electron chi connectivity index (χ1n) is 10.1. The number of likely N-dealkylation sites (N-methyl/N-ethyl adjacent to an activating group) is 1. The van der Waals surface area contributed by atoms with Gasteiger partial charge in [-0.25, -0.2) is 8.42 Å². The van der Waals surface area contributed by atoms with Crippen molar-refractivity contribution in [2.24, 2.45) is 0 Å². The first kappa shape index (κ1) is 23.2. The summed E-state index contributed by atoms with van der Waals surface area (Å²) in [5, 5.41) is 3.07. The number of amides is 2. The van der Waals surface area contributed by atoms with Crippen molar-refractivity contribution >= 4 is 39.1 Å². The van der Waals surface area contributed by atoms with Gasteiger partial charge in [-0.2, -0.15) is 4.31 Å². The van der Waals surface area contributed by atoms with Gasteiger partial charge in [0.25, 0.3) is 5.91 Å². The van der Waals surface area contributed by atoms with Crippen LogP contribution in [0.25, 0.3) is 0 Å². The molecule has 0 bridgehead atoms. The first-order chi connectivity index (χ1) is 14.7. The molecule has 2 aromatic rings. The molecule has 1 atom stereocenters. The maximum Gasteiger partial charge on any atom is 0.254 e. The van der Waals surface area contributed by atoms with Gasteiger partial charge in [0.1, 0.15) is 0 Å². The third-order valence-corrected chi connectivity index (χ3v) is 7.68. The lowest BCUT2D eigenvalue weighted by Crippen LogP contribution is -2.41. The summed E-state index contributed by atoms with van der Waals surface area (Å²) in [5.74, 6) is -0.771. The standard InChI is InChI=1S/C22H26ClN3O4S/c1-16-7-5-6-14-26(16)31(29,30)18-12-10-17(11-13-18)22(28)25(2)15-21(27)24-20-9-4-3-8-19(20)23/h3-4,8-13,16H,5-7,14-15H2,1-2H3,(H,24,27)/t16-/m0/s1. The van der Waals surface area contributed by atoms with Crippen molar-refractivity contribution in [3.8, 4) is 0 Å². The topological polar surface area (TPSA) is 86.8 Å². The number of carbonyl (C=O) groups is 2. The molecule has 31 heavy (non-hydrogen) atoms. The van der Waals surface area contributed by atoms with Crippen molar-refractivity contribution in [3.05, 3.63) is 59.1 Å². The summed E-state index contributed by atoms with van der Waals surface area (Å²) in [5.41, 5.74) is 0.773. The Hall–Kier alpha value is -2.42. The maximum atomic E-state index is 12.9. The average molecular weight is 464 g/mol. The number of sulfonamides is 1. The molecule has 0 radical (unpaired) electrons. The molecule has 0 unspecified atom stereocenters. The smallest absolute Gasteiger partial charge is 0.254 e. The van der Waals surface area contributed by atoms with E-state index in [2.05, 4.69) is 5.32 Å². The van der Waals surface area contributed by atoms with E-state index in [0.717, 1.165) is 19.3 Å². The third kappa shape index (κ3) is 5.44. The highest BCUT2D eigenvalue weighted by Gasteiger charge is 2.31. The molecule has 166 valence electrons. The van der Waals surface area contributed by atoms with E-state index in [9.17, 15) is 18.0 Å². The van der Waals surface area contributed by atoms with Crippen LogP contribution in [0.5, 0.6) is 0 Å². The van der Waals surface area contributed by atoms with Gasteiger partial charge in [-0.3, -0.25) is 9.59 Å². The number of hydrogen-bond donors (Lipinski definition) is 1. The molecule has 7 nitrogen and oxygen atoms in total. The minimum absolute atomic E-state index is 0.0391. The maximum absolute atomic E-state index is 12.9. The molecule has 1 aliphatic rings. The SMILES string of the molecule is C[C@H]1CCCCN1S(=O)(=O)c1ccc(C(=O)N(C)CC(=O)Nc2ccccc2Cl)cc1. The van der Waals surface area contributed by atoms with Crippen LogP contribution in [0.2, 0.25) is 5.02 Å². The lowest BCUT2D eigenvalue weighted by Gasteiger charge is -2.32. The minimum Gasteiger partial charge on any atom is -0.332 e. The molecule has 0 aliphatic carbocycles. The van der Waals surface area contributed by atoms with Crippen LogP contribution in [0.4, 0.5) is 5.69 Å². The van der Waals surface area contributed by atoms with E-state index in [1.54, 1.807) is 24.3 Å². The van der Waals surface area contributed by atoms with Gasteiger partial charge in [0, 0.05) is 25.2 Å². The molecule has 0 spiro atoms. The summed E-state index contributed by atoms with van der Waals surface area (Å²) < 4.78 is 27.4. The molecular weight excluding hydrogens is 438 g/mol. The Bertz CT molecular complexity index is 1060. The average Bonchev–Trinajstić information content (AvgIpc) is 2.75. The molecule has 1 fully saturated rings. The molecular formula is C22H26ClN3O4S. The number of anilines is 1. The molecule has 0 saturated carbocycles. The number of benzene rings is 2. The number of para-hydroxylation sites is 1. The Morgan fingerprint density at radius 1 is 1.13 bits per heavy atom. The lowest BCUT2D eigenvalue weighted by molar-refractivity contribution is -0.116. The van der Waals surface area contributed by atoms with Crippen LogP contribution in [-0.4, -0.2) is 55.6 Å². The summed E-state index contributed by atoms with van der Waals surface area (Å²) >= 11 is 6.03. The van der Waals surface area contributed by atoms with E-state index < -0.39 is 10.0 Å². The second-order valence-electron chi connectivity index (χ2n) is 7.67. The van der Waals surface area contributed by atoms with Crippen molar-refractivity contribution in [1.29, 1.82) is 0 Å². The molecule has 2 amide bonds. The summed E-state index contributed by atoms with van der Waals surface area (Å²) in [7, 11) is -2.09. The summed E-state index contributed by atoms with van der Waals surface area (Å²) in [6.45, 7) is 2.25. The Morgan fingerprint density at radius 2 is 1.81 bits per heavy atom. The summed E-state index contributed by atoms with van der Waals surface area (Å²) in [6.07, 6.45) is 2.72. The van der Waals surface area contributed by atoms with Gasteiger partial charge in [-0.05, 0) is 56.2 Å². The van der Waals surface area contributed by atoms with Gasteiger partial charge in [0.05, 0.1) is 22.2 Å². The lowest BCUT2D eigenvalue weighted by atomic mass is 10.1. The van der Waals surface area contributed by atoms with Gasteiger partial charge in [-0.15, -0.1) is 0 Å². The zero-order valence-electron chi connectivity index (χ0n) is 17.5. The summed E-state index contributed by atoms with van der Waals surface area (Å²) in [4.78, 5) is 26.4. The molecule has 1 N–H and O–H groups in total. The molecule has 9 heteroatoms. The van der Waals surface area contributed by atoms with E-state index in [1.807, 2.05) is 6.92 Å². The van der Waals surface area contributed by atoms with Crippen molar-refractivity contribution < 1.29 is 18.0 Å². The predicted molar refractivity (Wildman–Crippen MR) is 121 cm³/mol. The highest BCUT2D eigenvalue weighted by atomic mass is 35.5. The number of piperidine rings is 1. The number of carbonyl (C=O) groups excluding carboxylic acids is 2. The van der Waals surface area contributed by atoms with Crippen molar-refractivity contribution in [2.45, 2.75) is 37.1 Å². The number of nitrogens with zero attached hydrogens (tertiary/aromatic N) is 2. The zero-order chi connectivity index (χ0) is 22.6. The second kappa shape index (κ2) is 9.80. The van der Waals surface area contributed by atoms with Crippen molar-refractivity contribution in [3.63, 3.8) is 0 Å². The minimum atomic E-state index is -3.60. The van der Waals surface area contributed by atoms with Gasteiger partial charge in [-0.1, -0.05) is 30.2 Å². The Balaban J connectivity index is 1.65. The fourth-order valence-electron chi connectivity index (χ4n) is 3.59. The molecule has 3 rings (SSSR count). The number of nitrogens with one attached hydrogen (secondary N) is 1. The quantitative estimate of drug-likeness (QED) is 0.708. The Morgan fingerprint density at radius 3 is 2.45 bits per heavy atom. The van der Waals surface area contributed by atoms with Crippen LogP contribution in [0.15, 0.2) is 53.4 Å². The third-order valence-electron chi connectivity index (χ3n) is 5.33. The second-order valence-corrected chi connectivity index (χ2v) is 9.97. The van der Waals surface area contributed by atoms with E-state index >= 15 is 0 Å². The molecule has 1 heterocycles. The highest BCUT2D eigenvalue weighted by Crippen LogP contribution is 2.25. The normalized spacial score (nSPS) is 17.2. The van der Waals surface area contributed by atoms with Crippen LogP contribution < -0.4 is 5.32 Å². The Labute approximate surface area is 188 Å². The Kier molecular flexibility index (Phi) is 7.35. The van der Waals surface area contributed by atoms with Gasteiger partial charge in [0.2, 0.25) is 15.9 Å². The summed E-state index contributed by atoms with van der Waals surface area (Å²) in [6, 6.07) is 12.6. The van der Waals surface area contributed by atoms with E-state index in [4.69, 9.17) is 11.6 Å². The van der Waals surface area contributed by atoms with Crippen molar-refractivity contribution in [1.82, 2.24) is 9.21 Å². The van der Waals surface area contributed by atoms with Crippen LogP contribution in [0.1, 0.15) is 36.5 Å². The number of hydrogen-bond acceptors (Lipinski definition) is 4. The number of halogens is 1. The number of rotatable bonds is 6. The fourth-order valence-corrected chi connectivity index (χ4v) is 5.48. The van der Waals surface area contributed by atoms with E-state index in [-0.39, 0.29) is 29.3 Å². The molecule has 1 aliphatic heterocycles. The predicted octanol–water partition coefficient (Wildman–Crippen LogP) is 3.61. The molecule has 1 saturated heterocycles. The van der Waals surface area contributed by atoms with Crippen molar-refractivity contribution in [2.75, 3.05) is 25.5 Å². The largest absolute Gasteiger partial charge is 0.332 e. The van der Waals surface area contributed by atoms with Crippen LogP contribution >= 0.6 is 11.6 Å². The van der Waals surface area contributed by atoms with Crippen LogP contribution in [0, 0.1) is 0 Å². The first-order valence-corrected chi connectivity index (χ1v) is 11.9. The monoisotopic (exact) mass is 463 g/mol. The van der Waals surface area contributed by atoms with E-state index in [0.29, 0.717) is 22.8 Å². The van der Waals surface area contributed by atoms with Crippen LogP contribution in [0.3, 0.4) is 0 Å². The van der Waals surface area contributed by atoms with Gasteiger partial charge >= 0.3 is 0 Å². The van der Waals surface area contributed by atoms with Gasteiger partial charge in [0.15, 0.2) is 0 Å². The zero-order valence-corrected chi connectivity index (χ0v) is 19.1. The van der Waals surface area contributed by atoms with Gasteiger partial charge < -0.3 is 10.2 Å².